The van der Waals surface area contributed by atoms with E-state index >= 15 is 0 Å². The Balaban J connectivity index is 2.35. The number of aliphatic hydroxyl groups excluding tert-OH is 1. The first kappa shape index (κ1) is 16.2. The molecule has 1 aromatic carbocycles. The first-order valence-corrected chi connectivity index (χ1v) is 7.20. The minimum absolute atomic E-state index is 0.0394. The van der Waals surface area contributed by atoms with Crippen LogP contribution in [0.25, 0.3) is 0 Å². The van der Waals surface area contributed by atoms with Crippen molar-refractivity contribution in [2.75, 3.05) is 13.2 Å². The van der Waals surface area contributed by atoms with Crippen molar-refractivity contribution in [2.24, 2.45) is 11.3 Å². The van der Waals surface area contributed by atoms with E-state index < -0.39 is 0 Å². The fourth-order valence-electron chi connectivity index (χ4n) is 2.48. The SMILES string of the molecule is CC(CCOC(CO)c1ccccc1)CC(C)(C)C. The number of ether oxygens (including phenoxy) is 1. The molecular formula is C17H28O2. The predicted molar refractivity (Wildman–Crippen MR) is 80.1 cm³/mol. The van der Waals surface area contributed by atoms with Crippen LogP contribution in [0.15, 0.2) is 30.3 Å². The summed E-state index contributed by atoms with van der Waals surface area (Å²) < 4.78 is 5.81. The number of aliphatic hydroxyl groups is 1. The van der Waals surface area contributed by atoms with Gasteiger partial charge in [-0.25, -0.2) is 0 Å². The number of benzene rings is 1. The standard InChI is InChI=1S/C17H28O2/c1-14(12-17(2,3)4)10-11-19-16(13-18)15-8-6-5-7-9-15/h5-9,14,16,18H,10-13H2,1-4H3. The predicted octanol–water partition coefficient (Wildman–Crippen LogP) is 4.20. The third kappa shape index (κ3) is 6.74. The van der Waals surface area contributed by atoms with Gasteiger partial charge in [-0.15, -0.1) is 0 Å². The molecule has 0 heterocycles. The van der Waals surface area contributed by atoms with Crippen LogP contribution in [0.4, 0.5) is 0 Å². The zero-order chi connectivity index (χ0) is 14.3. The maximum atomic E-state index is 9.41. The topological polar surface area (TPSA) is 29.5 Å². The van der Waals surface area contributed by atoms with Gasteiger partial charge >= 0.3 is 0 Å². The van der Waals surface area contributed by atoms with Gasteiger partial charge in [-0.05, 0) is 29.7 Å². The molecule has 108 valence electrons. The summed E-state index contributed by atoms with van der Waals surface area (Å²) in [6, 6.07) is 9.93. The van der Waals surface area contributed by atoms with Crippen LogP contribution in [-0.2, 0) is 4.74 Å². The number of hydrogen-bond donors (Lipinski definition) is 1. The van der Waals surface area contributed by atoms with Crippen molar-refractivity contribution in [3.8, 4) is 0 Å². The molecular weight excluding hydrogens is 236 g/mol. The second kappa shape index (κ2) is 7.66. The second-order valence-electron chi connectivity index (χ2n) is 6.61. The van der Waals surface area contributed by atoms with Crippen LogP contribution in [0.1, 0.15) is 52.2 Å². The molecule has 0 spiro atoms. The molecule has 0 aliphatic carbocycles. The molecule has 2 nitrogen and oxygen atoms in total. The molecule has 1 rings (SSSR count). The molecule has 2 unspecified atom stereocenters. The van der Waals surface area contributed by atoms with E-state index in [4.69, 9.17) is 4.74 Å². The van der Waals surface area contributed by atoms with Crippen LogP contribution >= 0.6 is 0 Å². The van der Waals surface area contributed by atoms with E-state index in [2.05, 4.69) is 27.7 Å². The third-order valence-electron chi connectivity index (χ3n) is 3.23. The van der Waals surface area contributed by atoms with E-state index in [1.54, 1.807) is 0 Å². The summed E-state index contributed by atoms with van der Waals surface area (Å²) in [5, 5.41) is 9.41. The largest absolute Gasteiger partial charge is 0.393 e. The van der Waals surface area contributed by atoms with E-state index in [0.29, 0.717) is 17.9 Å². The van der Waals surface area contributed by atoms with Gasteiger partial charge in [-0.1, -0.05) is 58.0 Å². The van der Waals surface area contributed by atoms with Crippen molar-refractivity contribution in [1.82, 2.24) is 0 Å². The van der Waals surface area contributed by atoms with Crippen LogP contribution in [-0.4, -0.2) is 18.3 Å². The molecule has 0 saturated heterocycles. The van der Waals surface area contributed by atoms with Crippen molar-refractivity contribution in [2.45, 2.75) is 46.6 Å². The monoisotopic (exact) mass is 264 g/mol. The Morgan fingerprint density at radius 2 is 1.79 bits per heavy atom. The van der Waals surface area contributed by atoms with Crippen LogP contribution in [0.5, 0.6) is 0 Å². The van der Waals surface area contributed by atoms with Crippen molar-refractivity contribution < 1.29 is 9.84 Å². The van der Waals surface area contributed by atoms with E-state index in [1.165, 1.54) is 6.42 Å². The Bertz CT molecular complexity index is 340. The first-order valence-electron chi connectivity index (χ1n) is 7.20. The molecule has 0 radical (unpaired) electrons. The van der Waals surface area contributed by atoms with Crippen molar-refractivity contribution in [3.63, 3.8) is 0 Å². The average molecular weight is 264 g/mol. The van der Waals surface area contributed by atoms with Gasteiger partial charge in [0.25, 0.3) is 0 Å². The summed E-state index contributed by atoms with van der Waals surface area (Å²) >= 11 is 0. The minimum Gasteiger partial charge on any atom is -0.393 e. The van der Waals surface area contributed by atoms with E-state index in [9.17, 15) is 5.11 Å². The Hall–Kier alpha value is -0.860. The smallest absolute Gasteiger partial charge is 0.105 e. The van der Waals surface area contributed by atoms with Gasteiger partial charge in [0.05, 0.1) is 6.61 Å². The van der Waals surface area contributed by atoms with Gasteiger partial charge in [-0.2, -0.15) is 0 Å². The molecule has 0 saturated carbocycles. The molecule has 2 heteroatoms. The Morgan fingerprint density at radius 3 is 2.32 bits per heavy atom. The van der Waals surface area contributed by atoms with E-state index in [-0.39, 0.29) is 12.7 Å². The molecule has 0 aliphatic heterocycles. The van der Waals surface area contributed by atoms with Crippen molar-refractivity contribution in [1.29, 1.82) is 0 Å². The summed E-state index contributed by atoms with van der Waals surface area (Å²) in [5.41, 5.74) is 1.42. The summed E-state index contributed by atoms with van der Waals surface area (Å²) in [4.78, 5) is 0. The van der Waals surface area contributed by atoms with Crippen LogP contribution in [0, 0.1) is 11.3 Å². The fraction of sp³-hybridized carbons (Fsp3) is 0.647. The molecule has 2 atom stereocenters. The van der Waals surface area contributed by atoms with E-state index in [0.717, 1.165) is 12.0 Å². The van der Waals surface area contributed by atoms with Gasteiger partial charge < -0.3 is 9.84 Å². The molecule has 0 bridgehead atoms. The summed E-state index contributed by atoms with van der Waals surface area (Å²) in [7, 11) is 0. The van der Waals surface area contributed by atoms with Crippen LogP contribution in [0.3, 0.4) is 0 Å². The molecule has 19 heavy (non-hydrogen) atoms. The highest BCUT2D eigenvalue weighted by Gasteiger charge is 2.16. The van der Waals surface area contributed by atoms with Crippen LogP contribution < -0.4 is 0 Å². The zero-order valence-electron chi connectivity index (χ0n) is 12.7. The zero-order valence-corrected chi connectivity index (χ0v) is 12.7. The van der Waals surface area contributed by atoms with Gasteiger partial charge in [-0.3, -0.25) is 0 Å². The lowest BCUT2D eigenvalue weighted by Gasteiger charge is -2.24. The molecule has 1 N–H and O–H groups in total. The average Bonchev–Trinajstić information content (AvgIpc) is 2.33. The van der Waals surface area contributed by atoms with Crippen molar-refractivity contribution in [3.05, 3.63) is 35.9 Å². The summed E-state index contributed by atoms with van der Waals surface area (Å²) in [5.74, 6) is 0.648. The molecule has 0 amide bonds. The van der Waals surface area contributed by atoms with Crippen molar-refractivity contribution >= 4 is 0 Å². The highest BCUT2D eigenvalue weighted by molar-refractivity contribution is 5.17. The maximum absolute atomic E-state index is 9.41. The number of rotatable bonds is 7. The lowest BCUT2D eigenvalue weighted by molar-refractivity contribution is 0.00472. The molecule has 0 aliphatic rings. The van der Waals surface area contributed by atoms with E-state index in [1.807, 2.05) is 30.3 Å². The van der Waals surface area contributed by atoms with Gasteiger partial charge in [0.1, 0.15) is 6.10 Å². The first-order chi connectivity index (χ1) is 8.92. The highest BCUT2D eigenvalue weighted by atomic mass is 16.5. The summed E-state index contributed by atoms with van der Waals surface area (Å²) in [6.07, 6.45) is 2.05. The second-order valence-corrected chi connectivity index (χ2v) is 6.61. The normalized spacial score (nSPS) is 15.2. The summed E-state index contributed by atoms with van der Waals surface area (Å²) in [6.45, 7) is 9.82. The van der Waals surface area contributed by atoms with Crippen LogP contribution in [0.2, 0.25) is 0 Å². The molecule has 0 fully saturated rings. The lowest BCUT2D eigenvalue weighted by atomic mass is 9.84. The lowest BCUT2D eigenvalue weighted by Crippen LogP contribution is -2.15. The quantitative estimate of drug-likeness (QED) is 0.800. The molecule has 0 aromatic heterocycles. The molecule has 1 aromatic rings. The Kier molecular flexibility index (Phi) is 6.53. The third-order valence-corrected chi connectivity index (χ3v) is 3.23. The van der Waals surface area contributed by atoms with Gasteiger partial charge in [0.15, 0.2) is 0 Å². The maximum Gasteiger partial charge on any atom is 0.105 e. The van der Waals surface area contributed by atoms with Gasteiger partial charge in [0, 0.05) is 6.61 Å². The Labute approximate surface area is 117 Å². The van der Waals surface area contributed by atoms with Gasteiger partial charge in [0.2, 0.25) is 0 Å². The highest BCUT2D eigenvalue weighted by Crippen LogP contribution is 2.26. The number of hydrogen-bond acceptors (Lipinski definition) is 2. The Morgan fingerprint density at radius 1 is 1.16 bits per heavy atom. The fourth-order valence-corrected chi connectivity index (χ4v) is 2.48. The minimum atomic E-state index is -0.192.